The fourth-order valence-electron chi connectivity index (χ4n) is 4.07. The van der Waals surface area contributed by atoms with Gasteiger partial charge >= 0.3 is 0 Å². The van der Waals surface area contributed by atoms with Gasteiger partial charge in [-0.2, -0.15) is 0 Å². The predicted molar refractivity (Wildman–Crippen MR) is 129 cm³/mol. The van der Waals surface area contributed by atoms with Gasteiger partial charge in [0.1, 0.15) is 18.7 Å². The average Bonchev–Trinajstić information content (AvgIpc) is 3.41. The van der Waals surface area contributed by atoms with E-state index in [0.717, 1.165) is 35.3 Å². The summed E-state index contributed by atoms with van der Waals surface area (Å²) in [5, 5.41) is 1.06. The summed E-state index contributed by atoms with van der Waals surface area (Å²) in [4.78, 5) is 12.0. The lowest BCUT2D eigenvalue weighted by Gasteiger charge is -2.17. The lowest BCUT2D eigenvalue weighted by Crippen LogP contribution is -2.04. The van der Waals surface area contributed by atoms with E-state index in [1.807, 2.05) is 24.7 Å². The van der Waals surface area contributed by atoms with E-state index in [9.17, 15) is 0 Å². The molecule has 0 bridgehead atoms. The Labute approximate surface area is 187 Å². The van der Waals surface area contributed by atoms with E-state index in [0.29, 0.717) is 12.1 Å². The third-order valence-electron chi connectivity index (χ3n) is 5.87. The summed E-state index contributed by atoms with van der Waals surface area (Å²) >= 11 is 0. The third-order valence-corrected chi connectivity index (χ3v) is 5.87. The molecule has 0 aliphatic heterocycles. The van der Waals surface area contributed by atoms with Crippen molar-refractivity contribution in [1.82, 2.24) is 19.5 Å². The molecular weight excluding hydrogens is 384 g/mol. The first-order chi connectivity index (χ1) is 15.0. The molecule has 5 nitrogen and oxygen atoms in total. The summed E-state index contributed by atoms with van der Waals surface area (Å²) in [6.45, 7) is 8.37. The van der Waals surface area contributed by atoms with Gasteiger partial charge in [0.15, 0.2) is 0 Å². The van der Waals surface area contributed by atoms with E-state index in [2.05, 4.69) is 46.4 Å². The molecule has 0 aliphatic carbocycles. The van der Waals surface area contributed by atoms with Gasteiger partial charge in [0.05, 0.1) is 5.69 Å². The molecule has 0 saturated carbocycles. The highest BCUT2D eigenvalue weighted by Crippen LogP contribution is 2.25. The molecule has 3 aromatic rings. The minimum absolute atomic E-state index is 0.496. The molecule has 0 aliphatic rings. The fraction of sp³-hybridized carbons (Fsp3) is 0.615. The van der Waals surface area contributed by atoms with Gasteiger partial charge in [-0.25, -0.2) is 9.97 Å². The van der Waals surface area contributed by atoms with Crippen LogP contribution in [0.25, 0.3) is 22.3 Å². The highest BCUT2D eigenvalue weighted by Gasteiger charge is 2.10. The van der Waals surface area contributed by atoms with E-state index in [4.69, 9.17) is 4.74 Å². The highest BCUT2D eigenvalue weighted by atomic mass is 16.5. The topological polar surface area (TPSA) is 55.7 Å². The van der Waals surface area contributed by atoms with Crippen LogP contribution in [0.4, 0.5) is 0 Å². The first-order valence-electron chi connectivity index (χ1n) is 12.1. The van der Waals surface area contributed by atoms with Crippen LogP contribution >= 0.6 is 0 Å². The van der Waals surface area contributed by atoms with Crippen molar-refractivity contribution in [2.45, 2.75) is 91.7 Å². The summed E-state index contributed by atoms with van der Waals surface area (Å²) < 4.78 is 7.97. The van der Waals surface area contributed by atoms with Crippen molar-refractivity contribution >= 4 is 11.0 Å². The van der Waals surface area contributed by atoms with Crippen molar-refractivity contribution in [3.05, 3.63) is 37.1 Å². The van der Waals surface area contributed by atoms with E-state index < -0.39 is 0 Å². The zero-order valence-corrected chi connectivity index (χ0v) is 19.7. The number of nitrogens with zero attached hydrogens (tertiary/aromatic N) is 3. The van der Waals surface area contributed by atoms with Gasteiger partial charge in [0.2, 0.25) is 0 Å². The molecule has 0 unspecified atom stereocenters. The molecule has 0 atom stereocenters. The second kappa shape index (κ2) is 12.0. The molecule has 0 saturated heterocycles. The van der Waals surface area contributed by atoms with Crippen molar-refractivity contribution in [2.75, 3.05) is 6.61 Å². The number of aromatic amines is 1. The van der Waals surface area contributed by atoms with Crippen LogP contribution in [0, 0.1) is 5.41 Å². The SMILES string of the molecule is CC(C)(C)CCCCCCCCCCCOCn1ccc2c(-c3cc[nH]c3)ncnc21. The second-order valence-corrected chi connectivity index (χ2v) is 9.87. The van der Waals surface area contributed by atoms with Crippen LogP contribution in [-0.4, -0.2) is 26.1 Å². The molecule has 1 N–H and O–H groups in total. The Morgan fingerprint density at radius 3 is 2.29 bits per heavy atom. The van der Waals surface area contributed by atoms with Gasteiger partial charge in [0, 0.05) is 36.1 Å². The molecule has 3 aromatic heterocycles. The summed E-state index contributed by atoms with van der Waals surface area (Å²) in [6.07, 6.45) is 20.9. The zero-order valence-electron chi connectivity index (χ0n) is 19.7. The summed E-state index contributed by atoms with van der Waals surface area (Å²) in [7, 11) is 0. The van der Waals surface area contributed by atoms with Crippen molar-refractivity contribution in [2.24, 2.45) is 5.41 Å². The number of ether oxygens (including phenoxy) is 1. The van der Waals surface area contributed by atoms with Crippen LogP contribution in [0.2, 0.25) is 0 Å². The monoisotopic (exact) mass is 424 g/mol. The van der Waals surface area contributed by atoms with Crippen molar-refractivity contribution in [1.29, 1.82) is 0 Å². The van der Waals surface area contributed by atoms with Gasteiger partial charge in [-0.05, 0) is 30.4 Å². The van der Waals surface area contributed by atoms with Gasteiger partial charge in [-0.15, -0.1) is 0 Å². The van der Waals surface area contributed by atoms with E-state index >= 15 is 0 Å². The van der Waals surface area contributed by atoms with Gasteiger partial charge in [-0.1, -0.05) is 72.1 Å². The largest absolute Gasteiger partial charge is 0.367 e. The first-order valence-corrected chi connectivity index (χ1v) is 12.1. The Kier molecular flexibility index (Phi) is 9.13. The Balaban J connectivity index is 1.24. The highest BCUT2D eigenvalue weighted by molar-refractivity contribution is 5.90. The van der Waals surface area contributed by atoms with Crippen LogP contribution in [-0.2, 0) is 11.5 Å². The van der Waals surface area contributed by atoms with Crippen LogP contribution in [0.1, 0.15) is 85.0 Å². The molecule has 5 heteroatoms. The Morgan fingerprint density at radius 2 is 1.61 bits per heavy atom. The van der Waals surface area contributed by atoms with E-state index in [-0.39, 0.29) is 0 Å². The molecule has 31 heavy (non-hydrogen) atoms. The number of rotatable bonds is 14. The maximum Gasteiger partial charge on any atom is 0.145 e. The maximum atomic E-state index is 5.91. The molecule has 0 spiro atoms. The van der Waals surface area contributed by atoms with Crippen LogP contribution in [0.3, 0.4) is 0 Å². The molecule has 3 heterocycles. The number of H-pyrrole nitrogens is 1. The molecule has 0 fully saturated rings. The number of hydrogen-bond acceptors (Lipinski definition) is 3. The number of unbranched alkanes of at least 4 members (excludes halogenated alkanes) is 8. The Hall–Kier alpha value is -2.14. The van der Waals surface area contributed by atoms with Gasteiger partial charge in [0.25, 0.3) is 0 Å². The Morgan fingerprint density at radius 1 is 0.903 bits per heavy atom. The Bertz CT molecular complexity index is 877. The fourth-order valence-corrected chi connectivity index (χ4v) is 4.07. The number of fused-ring (bicyclic) bond motifs is 1. The molecule has 170 valence electrons. The summed E-state index contributed by atoms with van der Waals surface area (Å²) in [5.74, 6) is 0. The van der Waals surface area contributed by atoms with Crippen molar-refractivity contribution in [3.8, 4) is 11.3 Å². The summed E-state index contributed by atoms with van der Waals surface area (Å²) in [6, 6.07) is 4.10. The number of nitrogens with one attached hydrogen (secondary N) is 1. The predicted octanol–water partition coefficient (Wildman–Crippen LogP) is 7.35. The second-order valence-electron chi connectivity index (χ2n) is 9.87. The number of aromatic nitrogens is 4. The molecule has 0 amide bonds. The minimum Gasteiger partial charge on any atom is -0.367 e. The van der Waals surface area contributed by atoms with Crippen LogP contribution < -0.4 is 0 Å². The quantitative estimate of drug-likeness (QED) is 0.275. The molecule has 0 radical (unpaired) electrons. The van der Waals surface area contributed by atoms with Crippen molar-refractivity contribution in [3.63, 3.8) is 0 Å². The lowest BCUT2D eigenvalue weighted by molar-refractivity contribution is 0.0763. The zero-order chi connectivity index (χ0) is 21.9. The third kappa shape index (κ3) is 7.80. The smallest absolute Gasteiger partial charge is 0.145 e. The number of hydrogen-bond donors (Lipinski definition) is 1. The normalized spacial score (nSPS) is 12.1. The molecule has 0 aromatic carbocycles. The van der Waals surface area contributed by atoms with Gasteiger partial charge < -0.3 is 14.3 Å². The lowest BCUT2D eigenvalue weighted by atomic mass is 9.89. The van der Waals surface area contributed by atoms with Gasteiger partial charge in [-0.3, -0.25) is 0 Å². The van der Waals surface area contributed by atoms with Crippen LogP contribution in [0.15, 0.2) is 37.1 Å². The van der Waals surface area contributed by atoms with Crippen LogP contribution in [0.5, 0.6) is 0 Å². The van der Waals surface area contributed by atoms with E-state index in [1.54, 1.807) is 6.33 Å². The minimum atomic E-state index is 0.496. The molecule has 3 rings (SSSR count). The standard InChI is InChI=1S/C26H40N4O/c1-26(2,3)15-11-9-7-5-4-6-8-10-12-18-31-21-30-17-14-23-24(22-13-16-27-19-22)28-20-29-25(23)30/h13-14,16-17,19-20,27H,4-12,15,18,21H2,1-3H3. The average molecular weight is 425 g/mol. The van der Waals surface area contributed by atoms with E-state index in [1.165, 1.54) is 57.8 Å². The summed E-state index contributed by atoms with van der Waals surface area (Å²) in [5.41, 5.74) is 3.46. The maximum absolute atomic E-state index is 5.91. The first kappa shape index (κ1) is 23.5. The van der Waals surface area contributed by atoms with Crippen molar-refractivity contribution < 1.29 is 4.74 Å². The molecular formula is C26H40N4O.